The van der Waals surface area contributed by atoms with Gasteiger partial charge in [0.2, 0.25) is 5.96 Å². The van der Waals surface area contributed by atoms with Crippen LogP contribution in [0, 0.1) is 9.81 Å². The summed E-state index contributed by atoms with van der Waals surface area (Å²) in [5.41, 5.74) is 0.264. The summed E-state index contributed by atoms with van der Waals surface area (Å²) in [5.74, 6) is 0.00926. The van der Waals surface area contributed by atoms with Crippen molar-refractivity contribution in [3.8, 4) is 0 Å². The van der Waals surface area contributed by atoms with Gasteiger partial charge in [0.25, 0.3) is 0 Å². The van der Waals surface area contributed by atoms with E-state index in [1.54, 1.807) is 18.2 Å². The summed E-state index contributed by atoms with van der Waals surface area (Å²) in [6.07, 6.45) is 0. The lowest BCUT2D eigenvalue weighted by atomic mass is 10.3. The maximum absolute atomic E-state index is 10.6. The highest BCUT2D eigenvalue weighted by atomic mass is 35.5. The first-order chi connectivity index (χ1) is 8.67. The molecule has 94 valence electrons. The predicted octanol–water partition coefficient (Wildman–Crippen LogP) is 2.96. The van der Waals surface area contributed by atoms with Crippen molar-refractivity contribution >= 4 is 34.8 Å². The Morgan fingerprint density at radius 2 is 1.50 bits per heavy atom. The van der Waals surface area contributed by atoms with Crippen molar-refractivity contribution in [1.29, 1.82) is 0 Å². The molecule has 9 heteroatoms. The van der Waals surface area contributed by atoms with Gasteiger partial charge in [-0.1, -0.05) is 29.3 Å². The van der Waals surface area contributed by atoms with E-state index in [1.165, 1.54) is 0 Å². The number of hydrogen-bond donors (Lipinski definition) is 0. The first-order valence-electron chi connectivity index (χ1n) is 4.91. The topological polar surface area (TPSA) is 77.7 Å². The van der Waals surface area contributed by atoms with Crippen LogP contribution in [-0.2, 0) is 0 Å². The molecule has 0 amide bonds. The second kappa shape index (κ2) is 5.28. The summed E-state index contributed by atoms with van der Waals surface area (Å²) < 4.78 is 0. The Morgan fingerprint density at radius 3 is 1.94 bits per heavy atom. The van der Waals surface area contributed by atoms with Crippen LogP contribution in [0.15, 0.2) is 33.8 Å². The molecule has 1 aliphatic rings. The highest BCUT2D eigenvalue weighted by Crippen LogP contribution is 2.33. The van der Waals surface area contributed by atoms with E-state index >= 15 is 0 Å². The van der Waals surface area contributed by atoms with Gasteiger partial charge in [-0.3, -0.25) is 0 Å². The summed E-state index contributed by atoms with van der Waals surface area (Å²) in [6, 6.07) is 4.85. The number of halogens is 2. The van der Waals surface area contributed by atoms with E-state index in [-0.39, 0.29) is 24.7 Å². The molecule has 1 aromatic rings. The predicted molar refractivity (Wildman–Crippen MR) is 68.6 cm³/mol. The number of nitrogens with zero attached hydrogens (tertiary/aromatic N) is 5. The van der Waals surface area contributed by atoms with Gasteiger partial charge in [0.1, 0.15) is 5.69 Å². The zero-order valence-electron chi connectivity index (χ0n) is 8.95. The highest BCUT2D eigenvalue weighted by Gasteiger charge is 2.29. The molecule has 18 heavy (non-hydrogen) atoms. The molecule has 0 bridgehead atoms. The van der Waals surface area contributed by atoms with Crippen molar-refractivity contribution in [1.82, 2.24) is 10.0 Å². The molecule has 0 unspecified atom stereocenters. The Kier molecular flexibility index (Phi) is 3.73. The van der Waals surface area contributed by atoms with Crippen LogP contribution in [0.1, 0.15) is 0 Å². The molecule has 0 N–H and O–H groups in total. The number of para-hydroxylation sites is 1. The van der Waals surface area contributed by atoms with E-state index in [0.717, 1.165) is 10.0 Å². The second-order valence-electron chi connectivity index (χ2n) is 3.39. The minimum Gasteiger partial charge on any atom is -0.209 e. The van der Waals surface area contributed by atoms with Crippen LogP contribution in [0.5, 0.6) is 0 Å². The van der Waals surface area contributed by atoms with Crippen molar-refractivity contribution in [3.05, 3.63) is 38.1 Å². The molecule has 0 aliphatic carbocycles. The molecular formula is C9H7Cl2N5O2. The normalized spacial score (nSPS) is 14.9. The fraction of sp³-hybridized carbons (Fsp3) is 0.222. The lowest BCUT2D eigenvalue weighted by molar-refractivity contribution is 0.486. The summed E-state index contributed by atoms with van der Waals surface area (Å²) >= 11 is 11.9. The maximum Gasteiger partial charge on any atom is 0.249 e. The standard InChI is InChI=1S/C9H7Cl2N5O2/c10-6-2-1-3-7(11)8(6)12-9-15(13-17)4-5-16(9)14-18/h1-3H,4-5H2. The van der Waals surface area contributed by atoms with E-state index in [9.17, 15) is 9.81 Å². The van der Waals surface area contributed by atoms with Crippen LogP contribution in [0.3, 0.4) is 0 Å². The molecule has 1 aromatic carbocycles. The second-order valence-corrected chi connectivity index (χ2v) is 4.21. The third-order valence-electron chi connectivity index (χ3n) is 2.33. The van der Waals surface area contributed by atoms with Gasteiger partial charge >= 0.3 is 0 Å². The van der Waals surface area contributed by atoms with Gasteiger partial charge in [-0.15, -0.1) is 9.81 Å². The molecular weight excluding hydrogens is 281 g/mol. The van der Waals surface area contributed by atoms with Gasteiger partial charge < -0.3 is 0 Å². The SMILES string of the molecule is O=NN1CCN(N=O)C1=Nc1c(Cl)cccc1Cl. The Labute approximate surface area is 112 Å². The lowest BCUT2D eigenvalue weighted by Gasteiger charge is -2.11. The van der Waals surface area contributed by atoms with Crippen LogP contribution in [0.25, 0.3) is 0 Å². The molecule has 1 aliphatic heterocycles. The monoisotopic (exact) mass is 287 g/mol. The fourth-order valence-corrected chi connectivity index (χ4v) is 1.97. The molecule has 7 nitrogen and oxygen atoms in total. The van der Waals surface area contributed by atoms with Crippen molar-refractivity contribution in [2.75, 3.05) is 13.1 Å². The number of aliphatic imine (C=N–C) groups is 1. The highest BCUT2D eigenvalue weighted by molar-refractivity contribution is 6.38. The molecule has 1 heterocycles. The quantitative estimate of drug-likeness (QED) is 0.801. The Morgan fingerprint density at radius 1 is 1.00 bits per heavy atom. The third-order valence-corrected chi connectivity index (χ3v) is 2.94. The van der Waals surface area contributed by atoms with Crippen molar-refractivity contribution < 1.29 is 0 Å². The van der Waals surface area contributed by atoms with Crippen LogP contribution in [-0.4, -0.2) is 29.1 Å². The zero-order valence-corrected chi connectivity index (χ0v) is 10.5. The Hall–Kier alpha value is -1.73. The van der Waals surface area contributed by atoms with Crippen LogP contribution >= 0.6 is 23.2 Å². The molecule has 0 saturated carbocycles. The number of hydrogen-bond acceptors (Lipinski definition) is 5. The van der Waals surface area contributed by atoms with Crippen molar-refractivity contribution in [3.63, 3.8) is 0 Å². The first kappa shape index (κ1) is 12.7. The molecule has 2 rings (SSSR count). The summed E-state index contributed by atoms with van der Waals surface area (Å²) in [5, 5.41) is 8.14. The molecule has 1 fully saturated rings. The van der Waals surface area contributed by atoms with Crippen molar-refractivity contribution in [2.45, 2.75) is 0 Å². The van der Waals surface area contributed by atoms with E-state index < -0.39 is 0 Å². The number of nitroso groups, excluding NO2 is 2. The number of benzene rings is 1. The molecule has 0 atom stereocenters. The van der Waals surface area contributed by atoms with E-state index in [0.29, 0.717) is 10.0 Å². The average Bonchev–Trinajstić information content (AvgIpc) is 2.76. The minimum absolute atomic E-state index is 0.00926. The van der Waals surface area contributed by atoms with Gasteiger partial charge in [-0.25, -0.2) is 4.99 Å². The van der Waals surface area contributed by atoms with Crippen LogP contribution < -0.4 is 0 Å². The fourth-order valence-electron chi connectivity index (χ4n) is 1.49. The van der Waals surface area contributed by atoms with Crippen LogP contribution in [0.4, 0.5) is 5.69 Å². The number of guanidine groups is 1. The molecule has 0 aromatic heterocycles. The largest absolute Gasteiger partial charge is 0.249 e. The van der Waals surface area contributed by atoms with Crippen LogP contribution in [0.2, 0.25) is 10.0 Å². The maximum atomic E-state index is 10.6. The summed E-state index contributed by atoms with van der Waals surface area (Å²) in [6.45, 7) is 0.465. The molecule has 0 spiro atoms. The summed E-state index contributed by atoms with van der Waals surface area (Å²) in [4.78, 5) is 25.3. The molecule has 1 saturated heterocycles. The minimum atomic E-state index is 0.00926. The number of rotatable bonds is 3. The van der Waals surface area contributed by atoms with Gasteiger partial charge in [0, 0.05) is 0 Å². The van der Waals surface area contributed by atoms with Gasteiger partial charge in [-0.2, -0.15) is 10.0 Å². The van der Waals surface area contributed by atoms with Gasteiger partial charge in [-0.05, 0) is 12.1 Å². The molecule has 0 radical (unpaired) electrons. The zero-order chi connectivity index (χ0) is 13.1. The summed E-state index contributed by atoms with van der Waals surface area (Å²) in [7, 11) is 0. The van der Waals surface area contributed by atoms with E-state index in [4.69, 9.17) is 23.2 Å². The van der Waals surface area contributed by atoms with E-state index in [1.807, 2.05) is 0 Å². The first-order valence-corrected chi connectivity index (χ1v) is 5.67. The van der Waals surface area contributed by atoms with E-state index in [2.05, 4.69) is 15.6 Å². The van der Waals surface area contributed by atoms with Crippen molar-refractivity contribution in [2.24, 2.45) is 15.6 Å². The van der Waals surface area contributed by atoms with Gasteiger partial charge in [0.05, 0.1) is 33.7 Å². The third kappa shape index (κ3) is 2.27. The lowest BCUT2D eigenvalue weighted by Crippen LogP contribution is -2.26. The Bertz CT molecular complexity index is 483. The smallest absolute Gasteiger partial charge is 0.209 e. The Balaban J connectivity index is 2.47. The average molecular weight is 288 g/mol. The van der Waals surface area contributed by atoms with Gasteiger partial charge in [0.15, 0.2) is 0 Å².